The van der Waals surface area contributed by atoms with E-state index >= 15 is 0 Å². The molecule has 2 heterocycles. The molecule has 1 aromatic heterocycles. The summed E-state index contributed by atoms with van der Waals surface area (Å²) in [6, 6.07) is 6.50. The summed E-state index contributed by atoms with van der Waals surface area (Å²) in [4.78, 5) is 6.91. The van der Waals surface area contributed by atoms with Gasteiger partial charge in [-0.2, -0.15) is 5.26 Å². The van der Waals surface area contributed by atoms with Crippen molar-refractivity contribution in [3.8, 4) is 6.07 Å². The summed E-state index contributed by atoms with van der Waals surface area (Å²) >= 11 is 0. The lowest BCUT2D eigenvalue weighted by molar-refractivity contribution is 0.378. The lowest BCUT2D eigenvalue weighted by atomic mass is 9.97. The van der Waals surface area contributed by atoms with E-state index < -0.39 is 0 Å². The monoisotopic (exact) mass is 272 g/mol. The summed E-state index contributed by atoms with van der Waals surface area (Å²) in [5.41, 5.74) is 1.62. The fraction of sp³-hybridized carbons (Fsp3) is 0.625. The van der Waals surface area contributed by atoms with Gasteiger partial charge in [-0.05, 0) is 44.4 Å². The minimum absolute atomic E-state index is 0.535. The molecule has 1 fully saturated rings. The number of nitrogens with one attached hydrogen (secondary N) is 1. The smallest absolute Gasteiger partial charge is 0.130 e. The molecule has 0 spiro atoms. The summed E-state index contributed by atoms with van der Waals surface area (Å²) in [7, 11) is 0. The normalized spacial score (nSPS) is 19.1. The highest BCUT2D eigenvalue weighted by molar-refractivity contribution is 5.47. The maximum Gasteiger partial charge on any atom is 0.130 e. The quantitative estimate of drug-likeness (QED) is 0.915. The molecule has 1 aliphatic heterocycles. The molecule has 0 amide bonds. The number of pyridine rings is 1. The molecule has 1 unspecified atom stereocenters. The summed E-state index contributed by atoms with van der Waals surface area (Å²) < 4.78 is 0. The van der Waals surface area contributed by atoms with E-state index in [1.54, 1.807) is 0 Å². The fourth-order valence-corrected chi connectivity index (χ4v) is 2.72. The van der Waals surface area contributed by atoms with E-state index in [0.717, 1.165) is 31.1 Å². The van der Waals surface area contributed by atoms with Crippen molar-refractivity contribution in [3.63, 3.8) is 0 Å². The molecule has 0 aromatic carbocycles. The van der Waals surface area contributed by atoms with Crippen LogP contribution >= 0.6 is 0 Å². The van der Waals surface area contributed by atoms with Crippen LogP contribution in [-0.2, 0) is 0 Å². The van der Waals surface area contributed by atoms with Crippen LogP contribution in [0.3, 0.4) is 0 Å². The van der Waals surface area contributed by atoms with Crippen LogP contribution in [0.1, 0.15) is 37.9 Å². The zero-order chi connectivity index (χ0) is 14.5. The van der Waals surface area contributed by atoms with Gasteiger partial charge < -0.3 is 10.2 Å². The first-order valence-electron chi connectivity index (χ1n) is 7.45. The molecular weight excluding hydrogens is 248 g/mol. The molecule has 0 saturated carbocycles. The fourth-order valence-electron chi connectivity index (χ4n) is 2.72. The van der Waals surface area contributed by atoms with Crippen LogP contribution in [0.25, 0.3) is 0 Å². The molecule has 1 atom stereocenters. The highest BCUT2D eigenvalue weighted by Gasteiger charge is 2.21. The SMILES string of the molecule is Cc1cc(C#N)cc(N2CCCC(CNC(C)C)C2)n1. The Morgan fingerprint density at radius 1 is 1.50 bits per heavy atom. The summed E-state index contributed by atoms with van der Waals surface area (Å²) in [6.45, 7) is 9.45. The van der Waals surface area contributed by atoms with Crippen molar-refractivity contribution in [1.82, 2.24) is 10.3 Å². The zero-order valence-electron chi connectivity index (χ0n) is 12.7. The maximum absolute atomic E-state index is 9.08. The average Bonchev–Trinajstić information content (AvgIpc) is 2.44. The number of aryl methyl sites for hydroxylation is 1. The van der Waals surface area contributed by atoms with Crippen LogP contribution < -0.4 is 10.2 Å². The number of aromatic nitrogens is 1. The number of nitrogens with zero attached hydrogens (tertiary/aromatic N) is 3. The second-order valence-electron chi connectivity index (χ2n) is 5.98. The number of rotatable bonds is 4. The molecule has 2 rings (SSSR count). The highest BCUT2D eigenvalue weighted by Crippen LogP contribution is 2.22. The third-order valence-electron chi connectivity index (χ3n) is 3.73. The van der Waals surface area contributed by atoms with Gasteiger partial charge >= 0.3 is 0 Å². The second-order valence-corrected chi connectivity index (χ2v) is 5.98. The molecule has 0 aliphatic carbocycles. The molecule has 0 radical (unpaired) electrons. The number of piperidine rings is 1. The van der Waals surface area contributed by atoms with Gasteiger partial charge in [0.15, 0.2) is 0 Å². The van der Waals surface area contributed by atoms with Gasteiger partial charge in [-0.1, -0.05) is 13.8 Å². The Kier molecular flexibility index (Phi) is 4.97. The van der Waals surface area contributed by atoms with Gasteiger partial charge in [-0.3, -0.25) is 0 Å². The van der Waals surface area contributed by atoms with E-state index in [9.17, 15) is 0 Å². The summed E-state index contributed by atoms with van der Waals surface area (Å²) in [6.07, 6.45) is 2.47. The van der Waals surface area contributed by atoms with Gasteiger partial charge in [-0.15, -0.1) is 0 Å². The molecular formula is C16H24N4. The molecule has 4 heteroatoms. The Balaban J connectivity index is 2.05. The first-order valence-corrected chi connectivity index (χ1v) is 7.45. The Morgan fingerprint density at radius 2 is 2.30 bits per heavy atom. The first kappa shape index (κ1) is 14.8. The predicted octanol–water partition coefficient (Wildman–Crippen LogP) is 2.48. The molecule has 1 aromatic rings. The minimum atomic E-state index is 0.535. The van der Waals surface area contributed by atoms with Crippen LogP contribution in [0.4, 0.5) is 5.82 Å². The van der Waals surface area contributed by atoms with Crippen molar-refractivity contribution < 1.29 is 0 Å². The van der Waals surface area contributed by atoms with Crippen molar-refractivity contribution in [2.45, 2.75) is 39.7 Å². The Labute approximate surface area is 121 Å². The lowest BCUT2D eigenvalue weighted by Gasteiger charge is -2.34. The highest BCUT2D eigenvalue weighted by atomic mass is 15.2. The largest absolute Gasteiger partial charge is 0.356 e. The average molecular weight is 272 g/mol. The lowest BCUT2D eigenvalue weighted by Crippen LogP contribution is -2.41. The Bertz CT molecular complexity index is 490. The molecule has 1 aliphatic rings. The third kappa shape index (κ3) is 3.94. The minimum Gasteiger partial charge on any atom is -0.356 e. The molecule has 108 valence electrons. The molecule has 20 heavy (non-hydrogen) atoms. The predicted molar refractivity (Wildman–Crippen MR) is 81.8 cm³/mol. The third-order valence-corrected chi connectivity index (χ3v) is 3.73. The van der Waals surface area contributed by atoms with Gasteiger partial charge in [0, 0.05) is 24.8 Å². The Morgan fingerprint density at radius 3 is 3.00 bits per heavy atom. The second kappa shape index (κ2) is 6.71. The maximum atomic E-state index is 9.08. The van der Waals surface area contributed by atoms with Crippen molar-refractivity contribution in [2.24, 2.45) is 5.92 Å². The number of nitriles is 1. The van der Waals surface area contributed by atoms with E-state index in [1.807, 2.05) is 19.1 Å². The van der Waals surface area contributed by atoms with Crippen LogP contribution in [-0.4, -0.2) is 30.7 Å². The van der Waals surface area contributed by atoms with Gasteiger partial charge in [0.1, 0.15) is 5.82 Å². The van der Waals surface area contributed by atoms with E-state index in [-0.39, 0.29) is 0 Å². The first-order chi connectivity index (χ1) is 9.58. The van der Waals surface area contributed by atoms with E-state index in [4.69, 9.17) is 5.26 Å². The van der Waals surface area contributed by atoms with Gasteiger partial charge in [0.2, 0.25) is 0 Å². The van der Waals surface area contributed by atoms with Crippen molar-refractivity contribution in [3.05, 3.63) is 23.4 Å². The van der Waals surface area contributed by atoms with Crippen LogP contribution in [0, 0.1) is 24.2 Å². The van der Waals surface area contributed by atoms with Gasteiger partial charge in [0.05, 0.1) is 11.6 Å². The van der Waals surface area contributed by atoms with Crippen LogP contribution in [0.2, 0.25) is 0 Å². The molecule has 0 bridgehead atoms. The van der Waals surface area contributed by atoms with Crippen molar-refractivity contribution in [1.29, 1.82) is 5.26 Å². The number of hydrogen-bond acceptors (Lipinski definition) is 4. The summed E-state index contributed by atoms with van der Waals surface area (Å²) in [5.74, 6) is 1.62. The standard InChI is InChI=1S/C16H24N4/c1-12(2)18-10-14-5-4-6-20(11-14)16-8-15(9-17)7-13(3)19-16/h7-8,12,14,18H,4-6,10-11H2,1-3H3. The van der Waals surface area contributed by atoms with E-state index in [1.165, 1.54) is 12.8 Å². The Hall–Kier alpha value is -1.60. The number of anilines is 1. The van der Waals surface area contributed by atoms with Crippen molar-refractivity contribution in [2.75, 3.05) is 24.5 Å². The zero-order valence-corrected chi connectivity index (χ0v) is 12.7. The van der Waals surface area contributed by atoms with Gasteiger partial charge in [0.25, 0.3) is 0 Å². The van der Waals surface area contributed by atoms with E-state index in [2.05, 4.69) is 35.1 Å². The van der Waals surface area contributed by atoms with Crippen LogP contribution in [0.15, 0.2) is 12.1 Å². The molecule has 1 saturated heterocycles. The molecule has 4 nitrogen and oxygen atoms in total. The van der Waals surface area contributed by atoms with Crippen LogP contribution in [0.5, 0.6) is 0 Å². The summed E-state index contributed by atoms with van der Waals surface area (Å²) in [5, 5.41) is 12.6. The van der Waals surface area contributed by atoms with Gasteiger partial charge in [-0.25, -0.2) is 4.98 Å². The number of hydrogen-bond donors (Lipinski definition) is 1. The van der Waals surface area contributed by atoms with E-state index in [0.29, 0.717) is 17.5 Å². The topological polar surface area (TPSA) is 52.0 Å². The van der Waals surface area contributed by atoms with Crippen molar-refractivity contribution >= 4 is 5.82 Å². The molecule has 1 N–H and O–H groups in total.